The maximum absolute atomic E-state index is 12.3. The number of fused-ring (bicyclic) bond motifs is 1. The van der Waals surface area contributed by atoms with Crippen molar-refractivity contribution < 1.29 is 9.15 Å². The lowest BCUT2D eigenvalue weighted by Gasteiger charge is -2.08. The van der Waals surface area contributed by atoms with Crippen LogP contribution >= 0.6 is 0 Å². The largest absolute Gasteiger partial charge is 0.460 e. The van der Waals surface area contributed by atoms with Gasteiger partial charge in [-0.05, 0) is 23.1 Å². The van der Waals surface area contributed by atoms with Gasteiger partial charge < -0.3 is 9.15 Å². The number of aromatic amines is 1. The van der Waals surface area contributed by atoms with Gasteiger partial charge in [-0.3, -0.25) is 14.8 Å². The quantitative estimate of drug-likeness (QED) is 0.718. The van der Waals surface area contributed by atoms with Crippen LogP contribution in [-0.4, -0.2) is 23.2 Å². The van der Waals surface area contributed by atoms with Gasteiger partial charge in [-0.1, -0.05) is 31.2 Å². The van der Waals surface area contributed by atoms with Crippen LogP contribution in [0.5, 0.6) is 6.01 Å². The van der Waals surface area contributed by atoms with Gasteiger partial charge in [-0.25, -0.2) is 4.79 Å². The molecular formula is C18H17N3O4. The third kappa shape index (κ3) is 3.50. The Morgan fingerprint density at radius 1 is 1.28 bits per heavy atom. The molecule has 3 rings (SSSR count). The average molecular weight is 339 g/mol. The highest BCUT2D eigenvalue weighted by Gasteiger charge is 2.12. The number of hydrogen-bond donors (Lipinski definition) is 1. The van der Waals surface area contributed by atoms with E-state index < -0.39 is 11.2 Å². The lowest BCUT2D eigenvalue weighted by atomic mass is 10.1. The van der Waals surface area contributed by atoms with Gasteiger partial charge in [0.05, 0.1) is 0 Å². The van der Waals surface area contributed by atoms with Gasteiger partial charge in [0.2, 0.25) is 5.71 Å². The SMILES string of the molecule is CCc1cc(=O)oc2nc(OCc3ccccc3C=NC)[nH]c(=O)c12. The third-order valence-electron chi connectivity index (χ3n) is 3.74. The summed E-state index contributed by atoms with van der Waals surface area (Å²) >= 11 is 0. The van der Waals surface area contributed by atoms with E-state index in [0.29, 0.717) is 12.0 Å². The fourth-order valence-electron chi connectivity index (χ4n) is 2.55. The Hall–Kier alpha value is -3.22. The van der Waals surface area contributed by atoms with Gasteiger partial charge in [0, 0.05) is 19.3 Å². The molecule has 0 radical (unpaired) electrons. The van der Waals surface area contributed by atoms with E-state index in [0.717, 1.165) is 11.1 Å². The number of hydrogen-bond acceptors (Lipinski definition) is 6. The standard InChI is InChI=1S/C18H17N3O4/c1-3-11-8-14(22)25-17-15(11)16(23)20-18(21-17)24-10-13-7-5-4-6-12(13)9-19-2/h4-9H,3,10H2,1-2H3,(H,20,21,23). The van der Waals surface area contributed by atoms with E-state index in [4.69, 9.17) is 9.15 Å². The number of rotatable bonds is 5. The average Bonchev–Trinajstić information content (AvgIpc) is 2.60. The van der Waals surface area contributed by atoms with Crippen LogP contribution in [-0.2, 0) is 13.0 Å². The zero-order chi connectivity index (χ0) is 17.8. The summed E-state index contributed by atoms with van der Waals surface area (Å²) < 4.78 is 10.6. The van der Waals surface area contributed by atoms with Crippen molar-refractivity contribution in [3.63, 3.8) is 0 Å². The predicted molar refractivity (Wildman–Crippen MR) is 94.6 cm³/mol. The van der Waals surface area contributed by atoms with E-state index in [9.17, 15) is 9.59 Å². The van der Waals surface area contributed by atoms with Crippen LogP contribution in [0.15, 0.2) is 49.3 Å². The van der Waals surface area contributed by atoms with E-state index in [-0.39, 0.29) is 23.7 Å². The van der Waals surface area contributed by atoms with Gasteiger partial charge >= 0.3 is 5.63 Å². The monoisotopic (exact) mass is 339 g/mol. The number of ether oxygens (including phenoxy) is 1. The summed E-state index contributed by atoms with van der Waals surface area (Å²) in [6.45, 7) is 2.04. The number of H-pyrrole nitrogens is 1. The molecule has 128 valence electrons. The molecule has 0 aliphatic carbocycles. The molecule has 0 saturated heterocycles. The summed E-state index contributed by atoms with van der Waals surface area (Å²) in [6, 6.07) is 8.89. The highest BCUT2D eigenvalue weighted by atomic mass is 16.5. The Labute approximate surface area is 143 Å². The van der Waals surface area contributed by atoms with Crippen LogP contribution in [0.25, 0.3) is 11.1 Å². The maximum atomic E-state index is 12.3. The number of aromatic nitrogens is 2. The van der Waals surface area contributed by atoms with Crippen LogP contribution in [0.4, 0.5) is 0 Å². The Balaban J connectivity index is 1.96. The number of benzene rings is 1. The van der Waals surface area contributed by atoms with Gasteiger partial charge in [-0.15, -0.1) is 0 Å². The molecule has 0 spiro atoms. The number of nitrogens with zero attached hydrogens (tertiary/aromatic N) is 2. The molecule has 0 saturated carbocycles. The normalized spacial score (nSPS) is 11.3. The van der Waals surface area contributed by atoms with Crippen molar-refractivity contribution in [3.8, 4) is 6.01 Å². The van der Waals surface area contributed by atoms with Gasteiger partial charge in [0.1, 0.15) is 12.0 Å². The van der Waals surface area contributed by atoms with E-state index in [1.54, 1.807) is 13.3 Å². The predicted octanol–water partition coefficient (Wildman–Crippen LogP) is 2.07. The summed E-state index contributed by atoms with van der Waals surface area (Å²) in [5.41, 5.74) is 1.43. The second kappa shape index (κ2) is 7.12. The molecule has 2 heterocycles. The molecule has 0 atom stereocenters. The smallest absolute Gasteiger partial charge is 0.337 e. The number of aryl methyl sites for hydroxylation is 1. The molecule has 25 heavy (non-hydrogen) atoms. The molecule has 0 aliphatic heterocycles. The number of nitrogens with one attached hydrogen (secondary N) is 1. The van der Waals surface area contributed by atoms with E-state index in [1.165, 1.54) is 6.07 Å². The first kappa shape index (κ1) is 16.6. The molecule has 0 bridgehead atoms. The first-order chi connectivity index (χ1) is 12.1. The van der Waals surface area contributed by atoms with Crippen molar-refractivity contribution in [2.24, 2.45) is 4.99 Å². The van der Waals surface area contributed by atoms with Crippen molar-refractivity contribution in [2.45, 2.75) is 20.0 Å². The zero-order valence-electron chi connectivity index (χ0n) is 13.9. The van der Waals surface area contributed by atoms with E-state index in [2.05, 4.69) is 15.0 Å². The van der Waals surface area contributed by atoms with Crippen LogP contribution in [0.1, 0.15) is 23.6 Å². The van der Waals surface area contributed by atoms with Gasteiger partial charge in [0.15, 0.2) is 0 Å². The van der Waals surface area contributed by atoms with Gasteiger partial charge in [0.25, 0.3) is 11.6 Å². The molecule has 7 nitrogen and oxygen atoms in total. The molecule has 3 aromatic rings. The minimum atomic E-state index is -0.544. The lowest BCUT2D eigenvalue weighted by Crippen LogP contribution is -2.15. The number of aliphatic imine (C=N–C) groups is 1. The van der Waals surface area contributed by atoms with Crippen LogP contribution in [0.2, 0.25) is 0 Å². The molecule has 0 unspecified atom stereocenters. The first-order valence-electron chi connectivity index (χ1n) is 7.82. The fraction of sp³-hybridized carbons (Fsp3) is 0.222. The molecule has 0 fully saturated rings. The van der Waals surface area contributed by atoms with Crippen molar-refractivity contribution in [1.29, 1.82) is 0 Å². The van der Waals surface area contributed by atoms with E-state index in [1.807, 2.05) is 31.2 Å². The second-order valence-electron chi connectivity index (χ2n) is 5.37. The van der Waals surface area contributed by atoms with E-state index >= 15 is 0 Å². The molecule has 1 N–H and O–H groups in total. The maximum Gasteiger partial charge on any atom is 0.337 e. The highest BCUT2D eigenvalue weighted by molar-refractivity contribution is 5.81. The summed E-state index contributed by atoms with van der Waals surface area (Å²) in [7, 11) is 1.69. The summed E-state index contributed by atoms with van der Waals surface area (Å²) in [6.07, 6.45) is 2.25. The van der Waals surface area contributed by atoms with Crippen LogP contribution < -0.4 is 15.9 Å². The summed E-state index contributed by atoms with van der Waals surface area (Å²) in [4.78, 5) is 34.6. The second-order valence-corrected chi connectivity index (χ2v) is 5.37. The zero-order valence-corrected chi connectivity index (χ0v) is 13.9. The molecule has 0 amide bonds. The molecule has 2 aromatic heterocycles. The van der Waals surface area contributed by atoms with Crippen molar-refractivity contribution >= 4 is 17.3 Å². The van der Waals surface area contributed by atoms with Crippen LogP contribution in [0, 0.1) is 0 Å². The van der Waals surface area contributed by atoms with Crippen LogP contribution in [0.3, 0.4) is 0 Å². The highest BCUT2D eigenvalue weighted by Crippen LogP contribution is 2.15. The topological polar surface area (TPSA) is 97.5 Å². The fourth-order valence-corrected chi connectivity index (χ4v) is 2.55. The van der Waals surface area contributed by atoms with Gasteiger partial charge in [-0.2, -0.15) is 4.98 Å². The minimum Gasteiger partial charge on any atom is -0.460 e. The molecule has 7 heteroatoms. The first-order valence-corrected chi connectivity index (χ1v) is 7.82. The summed E-state index contributed by atoms with van der Waals surface area (Å²) in [5.74, 6) is 0. The Kier molecular flexibility index (Phi) is 4.74. The minimum absolute atomic E-state index is 0.00265. The molecular weight excluding hydrogens is 322 g/mol. The van der Waals surface area contributed by atoms with Crippen molar-refractivity contribution in [1.82, 2.24) is 9.97 Å². The molecule has 1 aromatic carbocycles. The summed E-state index contributed by atoms with van der Waals surface area (Å²) in [5, 5.41) is 0.271. The lowest BCUT2D eigenvalue weighted by molar-refractivity contribution is 0.279. The molecule has 0 aliphatic rings. The third-order valence-corrected chi connectivity index (χ3v) is 3.74. The Morgan fingerprint density at radius 3 is 2.84 bits per heavy atom. The Bertz CT molecular complexity index is 1050. The Morgan fingerprint density at radius 2 is 2.08 bits per heavy atom. The van der Waals surface area contributed by atoms with Crippen molar-refractivity contribution in [3.05, 3.63) is 67.8 Å². The van der Waals surface area contributed by atoms with Crippen molar-refractivity contribution in [2.75, 3.05) is 7.05 Å².